The van der Waals surface area contributed by atoms with Crippen LogP contribution in [0, 0.1) is 0 Å². The van der Waals surface area contributed by atoms with E-state index in [0.29, 0.717) is 10.7 Å². The fourth-order valence-corrected chi connectivity index (χ4v) is 1.07. The predicted molar refractivity (Wildman–Crippen MR) is 55.4 cm³/mol. The summed E-state index contributed by atoms with van der Waals surface area (Å²) in [5, 5.41) is 0.618. The minimum absolute atomic E-state index is 0. The lowest BCUT2D eigenvalue weighted by molar-refractivity contribution is -0.00000270. The quantitative estimate of drug-likeness (QED) is 0.484. The summed E-state index contributed by atoms with van der Waals surface area (Å²) >= 11 is 5.80. The summed E-state index contributed by atoms with van der Waals surface area (Å²) in [6.07, 6.45) is 0. The maximum atomic E-state index is 5.80. The van der Waals surface area contributed by atoms with Gasteiger partial charge in [-0.3, -0.25) is 4.48 Å². The van der Waals surface area contributed by atoms with E-state index in [4.69, 9.17) is 17.3 Å². The molecule has 2 N–H and O–H groups in total. The Morgan fingerprint density at radius 3 is 2.15 bits per heavy atom. The van der Waals surface area contributed by atoms with Crippen LogP contribution in [-0.2, 0) is 0 Å². The Balaban J connectivity index is 0.00000144. The number of hydrogen-bond donors (Lipinski definition) is 1. The molecule has 0 saturated carbocycles. The van der Waals surface area contributed by atoms with Gasteiger partial charge in [-0.15, -0.1) is 0 Å². The Morgan fingerprint density at radius 2 is 1.77 bits per heavy atom. The van der Waals surface area contributed by atoms with Crippen molar-refractivity contribution in [3.8, 4) is 0 Å². The molecule has 0 atom stereocenters. The van der Waals surface area contributed by atoms with Crippen LogP contribution in [0.5, 0.6) is 0 Å². The number of nitrogens with zero attached hydrogens (tertiary/aromatic N) is 1. The van der Waals surface area contributed by atoms with Gasteiger partial charge in [-0.1, -0.05) is 11.6 Å². The molecule has 0 amide bonds. The van der Waals surface area contributed by atoms with Gasteiger partial charge in [-0.25, -0.2) is 0 Å². The first-order chi connectivity index (χ1) is 5.41. The summed E-state index contributed by atoms with van der Waals surface area (Å²) < 4.78 is 0.751. The van der Waals surface area contributed by atoms with E-state index >= 15 is 0 Å². The first-order valence-corrected chi connectivity index (χ1v) is 4.16. The van der Waals surface area contributed by atoms with Crippen LogP contribution in [0.25, 0.3) is 0 Å². The fourth-order valence-electron chi connectivity index (χ4n) is 0.948. The van der Waals surface area contributed by atoms with Crippen LogP contribution in [0.2, 0.25) is 5.02 Å². The second-order valence-electron chi connectivity index (χ2n) is 3.72. The highest BCUT2D eigenvalue weighted by Crippen LogP contribution is 2.25. The molecule has 0 aliphatic rings. The number of anilines is 1. The second-order valence-corrected chi connectivity index (χ2v) is 4.13. The number of nitrogen functional groups attached to an aromatic ring is 1. The SMILES string of the molecule is C[N+](C)(C)c1ccc(Cl)c(N)c1.[Cl-]. The number of hydrogen-bond acceptors (Lipinski definition) is 1. The number of benzene rings is 1. The highest BCUT2D eigenvalue weighted by molar-refractivity contribution is 6.33. The van der Waals surface area contributed by atoms with Gasteiger partial charge in [0, 0.05) is 12.1 Å². The fraction of sp³-hybridized carbons (Fsp3) is 0.333. The molecular weight excluding hydrogens is 207 g/mol. The van der Waals surface area contributed by atoms with Crippen LogP contribution in [0.15, 0.2) is 18.2 Å². The molecule has 1 aromatic rings. The minimum atomic E-state index is 0. The Bertz CT molecular complexity index is 292. The third-order valence-electron chi connectivity index (χ3n) is 1.75. The monoisotopic (exact) mass is 220 g/mol. The first-order valence-electron chi connectivity index (χ1n) is 3.78. The van der Waals surface area contributed by atoms with Gasteiger partial charge in [0.15, 0.2) is 0 Å². The van der Waals surface area contributed by atoms with Gasteiger partial charge in [-0.2, -0.15) is 0 Å². The van der Waals surface area contributed by atoms with Crippen molar-refractivity contribution < 1.29 is 12.4 Å². The predicted octanol–water partition coefficient (Wildman–Crippen LogP) is -0.877. The van der Waals surface area contributed by atoms with Crippen molar-refractivity contribution in [2.75, 3.05) is 26.9 Å². The molecule has 0 spiro atoms. The molecule has 2 nitrogen and oxygen atoms in total. The van der Waals surface area contributed by atoms with Crippen LogP contribution < -0.4 is 22.6 Å². The van der Waals surface area contributed by atoms with Crippen LogP contribution in [0.3, 0.4) is 0 Å². The Labute approximate surface area is 90.3 Å². The minimum Gasteiger partial charge on any atom is -1.00 e. The van der Waals surface area contributed by atoms with Crippen molar-refractivity contribution in [2.24, 2.45) is 0 Å². The molecule has 0 saturated heterocycles. The summed E-state index contributed by atoms with van der Waals surface area (Å²) in [7, 11) is 6.26. The molecule has 0 unspecified atom stereocenters. The van der Waals surface area contributed by atoms with Gasteiger partial charge in [0.2, 0.25) is 0 Å². The van der Waals surface area contributed by atoms with Gasteiger partial charge in [-0.05, 0) is 6.07 Å². The molecule has 0 radical (unpaired) electrons. The maximum absolute atomic E-state index is 5.80. The van der Waals surface area contributed by atoms with Crippen molar-refractivity contribution in [1.82, 2.24) is 4.48 Å². The van der Waals surface area contributed by atoms with E-state index in [0.717, 1.165) is 10.2 Å². The third kappa shape index (κ3) is 3.07. The number of quaternary nitrogens is 1. The zero-order valence-electron chi connectivity index (χ0n) is 8.01. The maximum Gasteiger partial charge on any atom is 0.134 e. The van der Waals surface area contributed by atoms with Crippen molar-refractivity contribution >= 4 is 23.0 Å². The Kier molecular flexibility index (Phi) is 4.04. The van der Waals surface area contributed by atoms with Crippen molar-refractivity contribution in [2.45, 2.75) is 0 Å². The molecule has 4 heteroatoms. The summed E-state index contributed by atoms with van der Waals surface area (Å²) in [5.74, 6) is 0. The molecule has 1 rings (SSSR count). The van der Waals surface area contributed by atoms with Gasteiger partial charge in [0.25, 0.3) is 0 Å². The number of nitrogens with two attached hydrogens (primary N) is 1. The Morgan fingerprint density at radius 1 is 1.23 bits per heavy atom. The van der Waals surface area contributed by atoms with Crippen LogP contribution in [0.1, 0.15) is 0 Å². The van der Waals surface area contributed by atoms with Crippen molar-refractivity contribution in [3.05, 3.63) is 23.2 Å². The summed E-state index contributed by atoms with van der Waals surface area (Å²) in [4.78, 5) is 0. The highest BCUT2D eigenvalue weighted by Gasteiger charge is 2.12. The smallest absolute Gasteiger partial charge is 0.134 e. The van der Waals surface area contributed by atoms with E-state index in [1.807, 2.05) is 18.2 Å². The van der Waals surface area contributed by atoms with Crippen molar-refractivity contribution in [1.29, 1.82) is 0 Å². The zero-order chi connectivity index (χ0) is 9.35. The first kappa shape index (κ1) is 12.6. The van der Waals surface area contributed by atoms with Gasteiger partial charge < -0.3 is 18.1 Å². The van der Waals surface area contributed by atoms with E-state index in [-0.39, 0.29) is 12.4 Å². The third-order valence-corrected chi connectivity index (χ3v) is 2.10. The lowest BCUT2D eigenvalue weighted by Gasteiger charge is -2.23. The van der Waals surface area contributed by atoms with E-state index in [2.05, 4.69) is 21.1 Å². The standard InChI is InChI=1S/C9H14ClN2.ClH/c1-12(2,3)7-4-5-8(10)9(11)6-7;/h4-6H,11H2,1-3H3;1H/q+1;/p-1. The number of rotatable bonds is 1. The Hall–Kier alpha value is -0.440. The molecule has 0 heterocycles. The summed E-state index contributed by atoms with van der Waals surface area (Å²) in [6.45, 7) is 0. The average molecular weight is 221 g/mol. The molecule has 0 bridgehead atoms. The van der Waals surface area contributed by atoms with Gasteiger partial charge >= 0.3 is 0 Å². The number of halogens is 2. The van der Waals surface area contributed by atoms with Gasteiger partial charge in [0.1, 0.15) is 5.69 Å². The van der Waals surface area contributed by atoms with Gasteiger partial charge in [0.05, 0.1) is 31.9 Å². The molecule has 1 aromatic carbocycles. The second kappa shape index (κ2) is 4.18. The van der Waals surface area contributed by atoms with E-state index in [1.165, 1.54) is 0 Å². The van der Waals surface area contributed by atoms with E-state index in [1.54, 1.807) is 0 Å². The summed E-state index contributed by atoms with van der Waals surface area (Å²) in [5.41, 5.74) is 7.47. The lowest BCUT2D eigenvalue weighted by Crippen LogP contribution is -3.00. The van der Waals surface area contributed by atoms with E-state index < -0.39 is 0 Å². The molecule has 13 heavy (non-hydrogen) atoms. The average Bonchev–Trinajstić information content (AvgIpc) is 1.92. The molecule has 0 aliphatic carbocycles. The normalized spacial score (nSPS) is 10.8. The topological polar surface area (TPSA) is 26.0 Å². The van der Waals surface area contributed by atoms with E-state index in [9.17, 15) is 0 Å². The molecule has 74 valence electrons. The molecule has 0 aliphatic heterocycles. The molecule has 0 aromatic heterocycles. The van der Waals surface area contributed by atoms with Crippen LogP contribution in [-0.4, -0.2) is 21.1 Å². The lowest BCUT2D eigenvalue weighted by atomic mass is 10.2. The largest absolute Gasteiger partial charge is 1.00 e. The molecule has 0 fully saturated rings. The summed E-state index contributed by atoms with van der Waals surface area (Å²) in [6, 6.07) is 5.72. The highest BCUT2D eigenvalue weighted by atomic mass is 35.5. The van der Waals surface area contributed by atoms with Crippen LogP contribution in [0.4, 0.5) is 11.4 Å². The van der Waals surface area contributed by atoms with Crippen LogP contribution >= 0.6 is 11.6 Å². The zero-order valence-corrected chi connectivity index (χ0v) is 9.52. The molecular formula is C9H14Cl2N2. The van der Waals surface area contributed by atoms with Crippen molar-refractivity contribution in [3.63, 3.8) is 0 Å².